The van der Waals surface area contributed by atoms with Crippen molar-refractivity contribution in [1.82, 2.24) is 0 Å². The lowest BCUT2D eigenvalue weighted by Gasteiger charge is -2.50. The number of carbonyl (C=O) groups excluding carboxylic acids is 5. The van der Waals surface area contributed by atoms with Gasteiger partial charge in [0.15, 0.2) is 49.4 Å². The highest BCUT2D eigenvalue weighted by Gasteiger charge is 2.58. The van der Waals surface area contributed by atoms with E-state index < -0.39 is 122 Å². The molecule has 0 saturated carbocycles. The first-order chi connectivity index (χ1) is 32.6. The summed E-state index contributed by atoms with van der Waals surface area (Å²) in [5.74, 6) is -3.94. The summed E-state index contributed by atoms with van der Waals surface area (Å²) < 4.78 is 80.1. The first-order valence-electron chi connectivity index (χ1n) is 22.3. The molecule has 0 spiro atoms. The number of esters is 5. The lowest BCUT2D eigenvalue weighted by molar-refractivity contribution is -0.381. The van der Waals surface area contributed by atoms with E-state index in [2.05, 4.69) is 0 Å². The Bertz CT molecular complexity index is 2090. The second-order valence-electron chi connectivity index (χ2n) is 16.6. The number of benzene rings is 3. The molecule has 3 heterocycles. The predicted octanol–water partition coefficient (Wildman–Crippen LogP) is 4.01. The number of aliphatic hydroxyl groups excluding tert-OH is 1. The largest absolute Gasteiger partial charge is 0.456 e. The quantitative estimate of drug-likeness (QED) is 0.132. The van der Waals surface area contributed by atoms with Crippen LogP contribution in [0.15, 0.2) is 91.0 Å². The summed E-state index contributed by atoms with van der Waals surface area (Å²) in [5, 5.41) is 11.6. The van der Waals surface area contributed by atoms with Crippen molar-refractivity contribution in [2.45, 2.75) is 160 Å². The molecule has 6 rings (SSSR count). The topological polar surface area (TPSA) is 226 Å². The van der Waals surface area contributed by atoms with Crippen LogP contribution in [0.2, 0.25) is 0 Å². The molecule has 3 aromatic carbocycles. The second kappa shape index (κ2) is 24.8. The van der Waals surface area contributed by atoms with E-state index in [-0.39, 0.29) is 26.4 Å². The Morgan fingerprint density at radius 3 is 1.28 bits per heavy atom. The molecule has 0 aromatic heterocycles. The minimum Gasteiger partial charge on any atom is -0.456 e. The Hall–Kier alpha value is -5.35. The average Bonchev–Trinajstić information content (AvgIpc) is 3.28. The van der Waals surface area contributed by atoms with Crippen LogP contribution in [0.5, 0.6) is 0 Å². The van der Waals surface area contributed by atoms with Gasteiger partial charge in [0.1, 0.15) is 30.5 Å². The van der Waals surface area contributed by atoms with Gasteiger partial charge in [-0.25, -0.2) is 0 Å². The Morgan fingerprint density at radius 2 is 0.809 bits per heavy atom. The van der Waals surface area contributed by atoms with E-state index in [1.807, 2.05) is 91.0 Å². The van der Waals surface area contributed by atoms with E-state index >= 15 is 0 Å². The number of ether oxygens (including phenoxy) is 13. The fraction of sp³-hybridized carbons (Fsp3) is 0.531. The van der Waals surface area contributed by atoms with Gasteiger partial charge in [0.2, 0.25) is 0 Å². The van der Waals surface area contributed by atoms with Crippen molar-refractivity contribution in [1.29, 1.82) is 0 Å². The molecule has 3 saturated heterocycles. The van der Waals surface area contributed by atoms with Crippen molar-refractivity contribution in [3.63, 3.8) is 0 Å². The molecule has 0 aliphatic carbocycles. The van der Waals surface area contributed by atoms with Gasteiger partial charge in [-0.05, 0) is 30.5 Å². The third kappa shape index (κ3) is 14.3. The number of hydrogen-bond donors (Lipinski definition) is 1. The van der Waals surface area contributed by atoms with Crippen molar-refractivity contribution in [2.24, 2.45) is 0 Å². The first-order valence-corrected chi connectivity index (χ1v) is 22.3. The maximum absolute atomic E-state index is 13.2. The second-order valence-corrected chi connectivity index (χ2v) is 16.6. The Labute approximate surface area is 394 Å². The number of hydrogen-bond acceptors (Lipinski definition) is 19. The van der Waals surface area contributed by atoms with Crippen molar-refractivity contribution < 1.29 is 90.7 Å². The van der Waals surface area contributed by atoms with Crippen molar-refractivity contribution in [3.05, 3.63) is 108 Å². The van der Waals surface area contributed by atoms with Gasteiger partial charge in [-0.15, -0.1) is 0 Å². The molecule has 3 aromatic rings. The van der Waals surface area contributed by atoms with E-state index in [4.69, 9.17) is 61.6 Å². The van der Waals surface area contributed by atoms with Crippen molar-refractivity contribution in [3.8, 4) is 0 Å². The molecule has 0 amide bonds. The van der Waals surface area contributed by atoms with E-state index in [0.29, 0.717) is 0 Å². The minimum absolute atomic E-state index is 0.00974. The van der Waals surface area contributed by atoms with Crippen LogP contribution in [0, 0.1) is 0 Å². The summed E-state index contributed by atoms with van der Waals surface area (Å²) in [6.45, 7) is 8.98. The van der Waals surface area contributed by atoms with Crippen LogP contribution in [0.4, 0.5) is 0 Å². The summed E-state index contributed by atoms with van der Waals surface area (Å²) in [7, 11) is 0. The molecule has 68 heavy (non-hydrogen) atoms. The average molecular weight is 953 g/mol. The third-order valence-corrected chi connectivity index (χ3v) is 11.1. The van der Waals surface area contributed by atoms with E-state index in [0.717, 1.165) is 51.3 Å². The van der Waals surface area contributed by atoms with Gasteiger partial charge in [0.25, 0.3) is 0 Å². The van der Waals surface area contributed by atoms with E-state index in [9.17, 15) is 29.1 Å². The molecule has 3 aliphatic rings. The molecule has 19 heteroatoms. The summed E-state index contributed by atoms with van der Waals surface area (Å²) in [6, 6.07) is 27.8. The fourth-order valence-corrected chi connectivity index (χ4v) is 8.28. The summed E-state index contributed by atoms with van der Waals surface area (Å²) >= 11 is 0. The predicted molar refractivity (Wildman–Crippen MR) is 233 cm³/mol. The first kappa shape index (κ1) is 52.0. The van der Waals surface area contributed by atoms with E-state index in [1.54, 1.807) is 6.92 Å². The molecule has 19 nitrogen and oxygen atoms in total. The zero-order valence-corrected chi connectivity index (χ0v) is 38.9. The molecule has 0 bridgehead atoms. The molecular weight excluding hydrogens is 893 g/mol. The molecule has 370 valence electrons. The van der Waals surface area contributed by atoms with Gasteiger partial charge >= 0.3 is 29.8 Å². The molecule has 1 N–H and O–H groups in total. The van der Waals surface area contributed by atoms with Crippen molar-refractivity contribution >= 4 is 29.8 Å². The van der Waals surface area contributed by atoms with Gasteiger partial charge in [0.05, 0.1) is 38.6 Å². The van der Waals surface area contributed by atoms with Gasteiger partial charge in [0, 0.05) is 34.6 Å². The van der Waals surface area contributed by atoms with Gasteiger partial charge in [-0.2, -0.15) is 0 Å². The maximum atomic E-state index is 13.2. The van der Waals surface area contributed by atoms with Crippen molar-refractivity contribution in [2.75, 3.05) is 6.61 Å². The number of aliphatic hydroxyl groups is 1. The molecule has 0 unspecified atom stereocenters. The van der Waals surface area contributed by atoms with Crippen LogP contribution in [0.25, 0.3) is 0 Å². The van der Waals surface area contributed by atoms with Crippen LogP contribution in [0.3, 0.4) is 0 Å². The zero-order valence-electron chi connectivity index (χ0n) is 38.9. The number of carbonyl (C=O) groups is 5. The highest BCUT2D eigenvalue weighted by Crippen LogP contribution is 2.38. The molecule has 0 radical (unpaired) electrons. The summed E-state index contributed by atoms with van der Waals surface area (Å²) in [4.78, 5) is 63.5. The van der Waals surface area contributed by atoms with Crippen LogP contribution in [-0.2, 0) is 105 Å². The fourth-order valence-electron chi connectivity index (χ4n) is 8.28. The maximum Gasteiger partial charge on any atom is 0.303 e. The summed E-state index contributed by atoms with van der Waals surface area (Å²) in [6.07, 6.45) is -20.5. The zero-order chi connectivity index (χ0) is 48.9. The van der Waals surface area contributed by atoms with E-state index in [1.165, 1.54) is 6.92 Å². The van der Waals surface area contributed by atoms with Crippen LogP contribution in [0.1, 0.15) is 65.2 Å². The molecule has 3 fully saturated rings. The Morgan fingerprint density at radius 1 is 0.441 bits per heavy atom. The standard InChI is InChI=1S/C49H60O19/c1-27-38(57-24-35-19-13-9-14-20-35)41(67-49-46(65-33(7)54)42(62-30(4)51)39(28(2)60-49)61-29(3)50)45(64-32(6)53)48(59-27)68-43-40(58-25-36-21-15-10-16-22-36)37(66-47(55)44(43)63-31(5)52)26-56-23-34-17-11-8-12-18-34/h8-22,27-28,37-49,55H,23-26H2,1-7H3/t27-,28-,37+,38-,39-,40-,41+,42+,43-,44+,45+,46+,47+,48-,49-/m0/s1. The Balaban J connectivity index is 1.40. The lowest BCUT2D eigenvalue weighted by atomic mass is 9.95. The lowest BCUT2D eigenvalue weighted by Crippen LogP contribution is -2.67. The smallest absolute Gasteiger partial charge is 0.303 e. The summed E-state index contributed by atoms with van der Waals surface area (Å²) in [5.41, 5.74) is 2.40. The van der Waals surface area contributed by atoms with Gasteiger partial charge < -0.3 is 66.7 Å². The Kier molecular flexibility index (Phi) is 19.0. The normalized spacial score (nSPS) is 31.4. The highest BCUT2D eigenvalue weighted by molar-refractivity contribution is 5.68. The van der Waals surface area contributed by atoms with Crippen LogP contribution >= 0.6 is 0 Å². The number of rotatable bonds is 19. The molecule has 15 atom stereocenters. The molecule has 3 aliphatic heterocycles. The SMILES string of the molecule is CC(=O)O[C@@H]1[C@@H](OC(C)=O)[C@H](C)O[C@@H](O[C@@H]2[C@@H](OCc3ccccc3)[C@H](C)O[C@@H](O[C@@H]3[C@@H](OC(C)=O)[C@H](O)O[C@H](COCc4ccccc4)[C@@H]3OCc3ccccc3)[C@@H]2OC(C)=O)[C@@H]1OC(C)=O. The van der Waals surface area contributed by atoms with Gasteiger partial charge in [-0.3, -0.25) is 24.0 Å². The van der Waals surface area contributed by atoms with Gasteiger partial charge in [-0.1, -0.05) is 91.0 Å². The highest BCUT2D eigenvalue weighted by atomic mass is 16.8. The monoisotopic (exact) mass is 952 g/mol. The van der Waals surface area contributed by atoms with Crippen LogP contribution in [-0.4, -0.2) is 134 Å². The molecular formula is C49H60O19. The van der Waals surface area contributed by atoms with Crippen LogP contribution < -0.4 is 0 Å². The minimum atomic E-state index is -1.78. The third-order valence-electron chi connectivity index (χ3n) is 11.1.